The molecule has 10 heteroatoms. The summed E-state index contributed by atoms with van der Waals surface area (Å²) < 4.78 is 34.8. The first kappa shape index (κ1) is 88.7. The van der Waals surface area contributed by atoms with Crippen LogP contribution < -0.4 is 0 Å². The lowest BCUT2D eigenvalue weighted by Crippen LogP contribution is -2.37. The van der Waals surface area contributed by atoms with Gasteiger partial charge in [-0.2, -0.15) is 0 Å². The molecule has 0 bridgehead atoms. The number of rotatable bonds is 71. The van der Waals surface area contributed by atoms with Crippen LogP contribution in [-0.2, 0) is 32.7 Å². The Morgan fingerprint density at radius 1 is 0.348 bits per heavy atom. The number of allylic oxidation sites excluding steroid dienone is 18. The zero-order valence-corrected chi connectivity index (χ0v) is 61.7. The number of carbonyl (C=O) groups excluding carboxylic acids is 2. The summed E-state index contributed by atoms with van der Waals surface area (Å²) in [6.07, 6.45) is 102. The molecule has 532 valence electrons. The summed E-state index contributed by atoms with van der Waals surface area (Å²) >= 11 is 0. The average molecular weight is 1310 g/mol. The maximum atomic E-state index is 12.9. The number of carbonyl (C=O) groups is 2. The van der Waals surface area contributed by atoms with Crippen molar-refractivity contribution < 1.29 is 42.1 Å². The number of nitrogens with zero attached hydrogens (tertiary/aromatic N) is 1. The van der Waals surface area contributed by atoms with Crippen molar-refractivity contribution in [2.45, 2.75) is 354 Å². The smallest absolute Gasteiger partial charge is 0.462 e. The molecule has 1 N–H and O–H groups in total. The third-order valence-electron chi connectivity index (χ3n) is 16.8. The van der Waals surface area contributed by atoms with E-state index in [0.717, 1.165) is 83.5 Å². The van der Waals surface area contributed by atoms with Gasteiger partial charge in [0, 0.05) is 12.8 Å². The molecule has 9 nitrogen and oxygen atoms in total. The normalized spacial score (nSPS) is 13.7. The zero-order chi connectivity index (χ0) is 66.9. The highest BCUT2D eigenvalue weighted by molar-refractivity contribution is 7.47. The fraction of sp³-hybridized carbons (Fsp3) is 0.756. The van der Waals surface area contributed by atoms with Crippen LogP contribution in [-0.4, -0.2) is 74.9 Å². The predicted octanol–water partition coefficient (Wildman–Crippen LogP) is 25.6. The number of likely N-dealkylation sites (N-methyl/N-ethyl adjacent to an activating group) is 1. The molecule has 0 heterocycles. The van der Waals surface area contributed by atoms with Gasteiger partial charge in [-0.1, -0.05) is 342 Å². The molecule has 0 aliphatic heterocycles. The van der Waals surface area contributed by atoms with Gasteiger partial charge >= 0.3 is 19.8 Å². The lowest BCUT2D eigenvalue weighted by atomic mass is 10.0. The lowest BCUT2D eigenvalue weighted by molar-refractivity contribution is -0.870. The van der Waals surface area contributed by atoms with Gasteiger partial charge in [-0.05, 0) is 103 Å². The predicted molar refractivity (Wildman–Crippen MR) is 399 cm³/mol. The Morgan fingerprint density at radius 2 is 0.620 bits per heavy atom. The summed E-state index contributed by atoms with van der Waals surface area (Å²) in [6.45, 7) is 4.35. The Bertz CT molecular complexity index is 1920. The van der Waals surface area contributed by atoms with Crippen molar-refractivity contribution in [1.82, 2.24) is 0 Å². The molecule has 0 fully saturated rings. The molecule has 0 saturated heterocycles. The lowest BCUT2D eigenvalue weighted by Gasteiger charge is -2.24. The van der Waals surface area contributed by atoms with Gasteiger partial charge in [0.05, 0.1) is 27.7 Å². The molecule has 0 saturated carbocycles. The number of unbranched alkanes of at least 4 members (excludes halogenated alkanes) is 39. The van der Waals surface area contributed by atoms with Gasteiger partial charge in [0.15, 0.2) is 6.10 Å². The molecular weight excluding hydrogens is 1160 g/mol. The van der Waals surface area contributed by atoms with Gasteiger partial charge in [0.25, 0.3) is 0 Å². The minimum atomic E-state index is -4.40. The van der Waals surface area contributed by atoms with Crippen molar-refractivity contribution in [3.63, 3.8) is 0 Å². The van der Waals surface area contributed by atoms with Crippen LogP contribution in [0.2, 0.25) is 0 Å². The highest BCUT2D eigenvalue weighted by Crippen LogP contribution is 2.43. The van der Waals surface area contributed by atoms with E-state index in [0.29, 0.717) is 17.4 Å². The first-order valence-electron chi connectivity index (χ1n) is 38.6. The van der Waals surface area contributed by atoms with E-state index in [-0.39, 0.29) is 32.0 Å². The number of phosphoric acid groups is 1. The van der Waals surface area contributed by atoms with E-state index in [1.165, 1.54) is 231 Å². The first-order valence-corrected chi connectivity index (χ1v) is 40.1. The molecule has 0 rings (SSSR count). The summed E-state index contributed by atoms with van der Waals surface area (Å²) in [5.74, 6) is -0.785. The Hall–Kier alpha value is -3.33. The van der Waals surface area contributed by atoms with E-state index in [1.54, 1.807) is 0 Å². The molecule has 0 aromatic rings. The van der Waals surface area contributed by atoms with E-state index < -0.39 is 26.5 Å². The fourth-order valence-electron chi connectivity index (χ4n) is 10.9. The van der Waals surface area contributed by atoms with Crippen molar-refractivity contribution in [3.05, 3.63) is 109 Å². The summed E-state index contributed by atoms with van der Waals surface area (Å²) in [6, 6.07) is 0. The van der Waals surface area contributed by atoms with Crippen LogP contribution >= 0.6 is 7.82 Å². The Labute approximate surface area is 569 Å². The van der Waals surface area contributed by atoms with Crippen LogP contribution in [0.1, 0.15) is 348 Å². The summed E-state index contributed by atoms with van der Waals surface area (Å²) in [5, 5.41) is 0. The number of phosphoric ester groups is 1. The monoisotopic (exact) mass is 1310 g/mol. The quantitative estimate of drug-likeness (QED) is 0.0211. The standard InChI is InChI=1S/C82H146NO8P/c1-6-8-10-12-14-16-18-20-22-24-26-28-30-32-34-36-38-39-40-41-42-43-45-47-49-51-53-55-57-59-61-63-65-67-69-71-73-75-82(85)91-80(79-90-92(86,87)89-77-76-83(3,4)5)78-88-81(84)74-72-70-68-66-64-62-60-58-56-54-52-50-48-46-44-37-35-33-31-29-27-25-23-21-19-17-15-13-11-9-7-2/h8,10,14,16,19-22,25-28,31-34,38-39,80H,6-7,9,11-13,15,17-18,23-24,29-30,35-37,40-79H2,1-5H3/p+1/b10-8-,16-14-,21-19-,22-20-,27-25-,28-26-,33-31-,34-32-,39-38-. The van der Waals surface area contributed by atoms with Gasteiger partial charge in [0.1, 0.15) is 19.8 Å². The number of quaternary nitrogens is 1. The van der Waals surface area contributed by atoms with Crippen LogP contribution in [0.15, 0.2) is 109 Å². The van der Waals surface area contributed by atoms with E-state index in [4.69, 9.17) is 18.5 Å². The molecule has 2 unspecified atom stereocenters. The Kier molecular flexibility index (Phi) is 69.3. The topological polar surface area (TPSA) is 108 Å². The molecule has 0 aromatic heterocycles. The van der Waals surface area contributed by atoms with E-state index in [9.17, 15) is 19.0 Å². The largest absolute Gasteiger partial charge is 0.472 e. The van der Waals surface area contributed by atoms with Crippen LogP contribution in [0, 0.1) is 0 Å². The summed E-state index contributed by atoms with van der Waals surface area (Å²) in [4.78, 5) is 36.0. The molecular formula is C82H147NO8P+. The van der Waals surface area contributed by atoms with Crippen molar-refractivity contribution in [2.24, 2.45) is 0 Å². The van der Waals surface area contributed by atoms with Crippen molar-refractivity contribution in [2.75, 3.05) is 47.5 Å². The Morgan fingerprint density at radius 3 is 0.924 bits per heavy atom. The van der Waals surface area contributed by atoms with Gasteiger partial charge in [-0.15, -0.1) is 0 Å². The van der Waals surface area contributed by atoms with Gasteiger partial charge in [0.2, 0.25) is 0 Å². The van der Waals surface area contributed by atoms with Crippen molar-refractivity contribution in [1.29, 1.82) is 0 Å². The molecule has 0 aliphatic rings. The van der Waals surface area contributed by atoms with Gasteiger partial charge in [-0.25, -0.2) is 4.57 Å². The summed E-state index contributed by atoms with van der Waals surface area (Å²) in [7, 11) is 1.48. The maximum Gasteiger partial charge on any atom is 0.472 e. The second kappa shape index (κ2) is 72.0. The minimum Gasteiger partial charge on any atom is -0.462 e. The third kappa shape index (κ3) is 75.7. The third-order valence-corrected chi connectivity index (χ3v) is 17.8. The highest BCUT2D eigenvalue weighted by Gasteiger charge is 2.27. The molecule has 0 spiro atoms. The zero-order valence-electron chi connectivity index (χ0n) is 60.8. The van der Waals surface area contributed by atoms with Crippen molar-refractivity contribution >= 4 is 19.8 Å². The minimum absolute atomic E-state index is 0.0302. The number of esters is 2. The van der Waals surface area contributed by atoms with E-state index in [1.807, 2.05) is 21.1 Å². The summed E-state index contributed by atoms with van der Waals surface area (Å²) in [5.41, 5.74) is 0. The van der Waals surface area contributed by atoms with Crippen LogP contribution in [0.25, 0.3) is 0 Å². The van der Waals surface area contributed by atoms with Crippen LogP contribution in [0.5, 0.6) is 0 Å². The maximum absolute atomic E-state index is 12.9. The van der Waals surface area contributed by atoms with Gasteiger partial charge < -0.3 is 18.9 Å². The molecule has 0 amide bonds. The van der Waals surface area contributed by atoms with Crippen LogP contribution in [0.4, 0.5) is 0 Å². The number of hydrogen-bond acceptors (Lipinski definition) is 7. The fourth-order valence-corrected chi connectivity index (χ4v) is 11.7. The first-order chi connectivity index (χ1) is 45.0. The molecule has 92 heavy (non-hydrogen) atoms. The van der Waals surface area contributed by atoms with Gasteiger partial charge in [-0.3, -0.25) is 18.6 Å². The molecule has 0 aliphatic carbocycles. The Balaban J connectivity index is 3.98. The van der Waals surface area contributed by atoms with E-state index in [2.05, 4.69) is 123 Å². The second-order valence-corrected chi connectivity index (χ2v) is 28.5. The second-order valence-electron chi connectivity index (χ2n) is 27.0. The molecule has 0 aromatic carbocycles. The van der Waals surface area contributed by atoms with Crippen LogP contribution in [0.3, 0.4) is 0 Å². The molecule has 0 radical (unpaired) electrons. The SMILES string of the molecule is CC/C=C\C/C=C\C/C=C\C/C=C\C/C=C\C/C=C\CCCCCCCCCCCCCCCCCCCCC(=O)OC(COC(=O)CCCCCCCCCCCCCCCCCC/C=C\C/C=C\C/C=C\CCCCCCC)COP(=O)(O)OCC[N+](C)(C)C. The molecule has 2 atom stereocenters. The number of ether oxygens (including phenoxy) is 2. The van der Waals surface area contributed by atoms with E-state index >= 15 is 0 Å². The highest BCUT2D eigenvalue weighted by atomic mass is 31.2. The van der Waals surface area contributed by atoms with Crippen molar-refractivity contribution in [3.8, 4) is 0 Å². The number of hydrogen-bond donors (Lipinski definition) is 1. The average Bonchev–Trinajstić information content (AvgIpc) is 2.34.